The van der Waals surface area contributed by atoms with Gasteiger partial charge in [0.05, 0.1) is 23.9 Å². The van der Waals surface area contributed by atoms with E-state index in [0.717, 1.165) is 36.5 Å². The Morgan fingerprint density at radius 2 is 2.13 bits per heavy atom. The van der Waals surface area contributed by atoms with E-state index >= 15 is 0 Å². The van der Waals surface area contributed by atoms with Crippen LogP contribution in [0.5, 0.6) is 0 Å². The summed E-state index contributed by atoms with van der Waals surface area (Å²) in [4.78, 5) is 25.5. The van der Waals surface area contributed by atoms with Crippen molar-refractivity contribution in [2.45, 2.75) is 19.4 Å². The fourth-order valence-corrected chi connectivity index (χ4v) is 4.05. The number of benzene rings is 1. The third-order valence-electron chi connectivity index (χ3n) is 5.65. The van der Waals surface area contributed by atoms with Gasteiger partial charge in [-0.2, -0.15) is 4.98 Å². The molecule has 1 N–H and O–H groups in total. The second kappa shape index (κ2) is 9.02. The molecule has 1 amide bonds. The first-order valence-electron chi connectivity index (χ1n) is 10.2. The number of carbonyl (C=O) groups is 1. The third kappa shape index (κ3) is 4.13. The first kappa shape index (κ1) is 20.6. The lowest BCUT2D eigenvalue weighted by Gasteiger charge is -2.20. The van der Waals surface area contributed by atoms with Crippen LogP contribution in [-0.2, 0) is 11.3 Å². The number of hydrogen-bond acceptors (Lipinski definition) is 5. The van der Waals surface area contributed by atoms with Crippen molar-refractivity contribution in [3.8, 4) is 0 Å². The van der Waals surface area contributed by atoms with Gasteiger partial charge in [-0.25, -0.2) is 4.98 Å². The van der Waals surface area contributed by atoms with Crippen LogP contribution in [0.1, 0.15) is 18.4 Å². The van der Waals surface area contributed by atoms with E-state index in [4.69, 9.17) is 16.6 Å². The van der Waals surface area contributed by atoms with E-state index in [1.165, 1.54) is 0 Å². The van der Waals surface area contributed by atoms with Crippen LogP contribution in [0, 0.1) is 5.92 Å². The number of alkyl halides is 1. The molecule has 0 saturated carbocycles. The van der Waals surface area contributed by atoms with Crippen molar-refractivity contribution < 1.29 is 9.90 Å². The number of anilines is 2. The summed E-state index contributed by atoms with van der Waals surface area (Å²) in [6.07, 6.45) is 2.90. The predicted octanol–water partition coefficient (Wildman–Crippen LogP) is 2.89. The molecule has 7 nitrogen and oxygen atoms in total. The maximum Gasteiger partial charge on any atom is 0.227 e. The molecule has 30 heavy (non-hydrogen) atoms. The van der Waals surface area contributed by atoms with Gasteiger partial charge in [-0.1, -0.05) is 30.3 Å². The van der Waals surface area contributed by atoms with Gasteiger partial charge >= 0.3 is 0 Å². The lowest BCUT2D eigenvalue weighted by molar-refractivity contribution is -0.117. The highest BCUT2D eigenvalue weighted by Gasteiger charge is 2.27. The van der Waals surface area contributed by atoms with Crippen molar-refractivity contribution in [2.75, 3.05) is 42.4 Å². The normalized spacial score (nSPS) is 16.4. The average Bonchev–Trinajstić information content (AvgIpc) is 3.38. The molecule has 0 radical (unpaired) electrons. The molecule has 1 aliphatic heterocycles. The summed E-state index contributed by atoms with van der Waals surface area (Å²) in [5, 5.41) is 9.56. The molecule has 0 unspecified atom stereocenters. The van der Waals surface area contributed by atoms with Crippen LogP contribution in [0.15, 0.2) is 42.6 Å². The minimum Gasteiger partial charge on any atom is -0.396 e. The number of pyridine rings is 1. The zero-order valence-electron chi connectivity index (χ0n) is 17.0. The number of carbonyl (C=O) groups excluding carboxylic acids is 1. The summed E-state index contributed by atoms with van der Waals surface area (Å²) >= 11 is 5.74. The van der Waals surface area contributed by atoms with Gasteiger partial charge in [0, 0.05) is 45.0 Å². The van der Waals surface area contributed by atoms with Crippen LogP contribution < -0.4 is 9.80 Å². The lowest BCUT2D eigenvalue weighted by atomic mass is 10.1. The molecule has 4 rings (SSSR count). The Hall–Kier alpha value is -2.64. The monoisotopic (exact) mass is 427 g/mol. The SMILES string of the molecule is CN(C(=O)CCCl)c1cnc2nc(N3CC[C@@H](CO)C3)n(Cc3ccccc3)c2c1. The van der Waals surface area contributed by atoms with E-state index in [1.807, 2.05) is 24.3 Å². The molecule has 3 heterocycles. The molecule has 8 heteroatoms. The summed E-state index contributed by atoms with van der Waals surface area (Å²) in [6.45, 7) is 2.46. The zero-order valence-corrected chi connectivity index (χ0v) is 17.8. The Balaban J connectivity index is 1.76. The van der Waals surface area contributed by atoms with Gasteiger partial charge in [-0.3, -0.25) is 4.79 Å². The van der Waals surface area contributed by atoms with Crippen LogP contribution in [0.3, 0.4) is 0 Å². The Labute approximate surface area is 180 Å². The van der Waals surface area contributed by atoms with Gasteiger partial charge in [0.1, 0.15) is 0 Å². The van der Waals surface area contributed by atoms with Crippen LogP contribution in [0.4, 0.5) is 11.6 Å². The first-order valence-corrected chi connectivity index (χ1v) is 10.7. The first-order chi connectivity index (χ1) is 14.6. The number of rotatable bonds is 7. The highest BCUT2D eigenvalue weighted by atomic mass is 35.5. The number of amides is 1. The van der Waals surface area contributed by atoms with Crippen LogP contribution in [0.25, 0.3) is 11.2 Å². The molecule has 0 bridgehead atoms. The lowest BCUT2D eigenvalue weighted by Crippen LogP contribution is -2.26. The number of imidazole rings is 1. The zero-order chi connectivity index (χ0) is 21.1. The summed E-state index contributed by atoms with van der Waals surface area (Å²) in [5.41, 5.74) is 3.40. The van der Waals surface area contributed by atoms with E-state index in [-0.39, 0.29) is 30.7 Å². The van der Waals surface area contributed by atoms with E-state index in [0.29, 0.717) is 17.9 Å². The van der Waals surface area contributed by atoms with Crippen molar-refractivity contribution in [3.63, 3.8) is 0 Å². The van der Waals surface area contributed by atoms with Gasteiger partial charge in [0.25, 0.3) is 0 Å². The smallest absolute Gasteiger partial charge is 0.227 e. The molecule has 158 valence electrons. The summed E-state index contributed by atoms with van der Waals surface area (Å²) in [7, 11) is 1.74. The van der Waals surface area contributed by atoms with Crippen molar-refractivity contribution in [1.29, 1.82) is 0 Å². The summed E-state index contributed by atoms with van der Waals surface area (Å²) in [5.74, 6) is 1.35. The Morgan fingerprint density at radius 1 is 1.33 bits per heavy atom. The summed E-state index contributed by atoms with van der Waals surface area (Å²) in [6, 6.07) is 12.2. The number of fused-ring (bicyclic) bond motifs is 1. The molecule has 3 aromatic rings. The van der Waals surface area contributed by atoms with Gasteiger partial charge in [-0.05, 0) is 18.1 Å². The maximum atomic E-state index is 12.3. The number of aliphatic hydroxyl groups excluding tert-OH is 1. The van der Waals surface area contributed by atoms with Crippen molar-refractivity contribution in [1.82, 2.24) is 14.5 Å². The Kier molecular flexibility index (Phi) is 6.20. The van der Waals surface area contributed by atoms with Crippen molar-refractivity contribution in [2.24, 2.45) is 5.92 Å². The molecule has 2 aromatic heterocycles. The van der Waals surface area contributed by atoms with Crippen molar-refractivity contribution >= 4 is 40.3 Å². The highest BCUT2D eigenvalue weighted by molar-refractivity contribution is 6.19. The molecule has 1 aromatic carbocycles. The van der Waals surface area contributed by atoms with Gasteiger partial charge in [-0.15, -0.1) is 11.6 Å². The Bertz CT molecular complexity index is 1020. The number of aliphatic hydroxyl groups is 1. The largest absolute Gasteiger partial charge is 0.396 e. The standard InChI is InChI=1S/C22H26ClN5O2/c1-26(20(30)7-9-23)18-11-19-21(24-12-18)25-22(27-10-8-17(13-27)15-29)28(19)14-16-5-3-2-4-6-16/h2-6,11-12,17,29H,7-10,13-15H2,1H3/t17-/m1/s1. The van der Waals surface area contributed by atoms with E-state index in [9.17, 15) is 9.90 Å². The van der Waals surface area contributed by atoms with Gasteiger partial charge < -0.3 is 19.5 Å². The van der Waals surface area contributed by atoms with Crippen molar-refractivity contribution in [3.05, 3.63) is 48.2 Å². The molecular formula is C22H26ClN5O2. The van der Waals surface area contributed by atoms with Gasteiger partial charge in [0.15, 0.2) is 5.65 Å². The average molecular weight is 428 g/mol. The molecule has 1 atom stereocenters. The fraction of sp³-hybridized carbons (Fsp3) is 0.409. The number of hydrogen-bond donors (Lipinski definition) is 1. The molecule has 0 aliphatic carbocycles. The third-order valence-corrected chi connectivity index (χ3v) is 5.84. The van der Waals surface area contributed by atoms with E-state index in [2.05, 4.69) is 26.6 Å². The molecule has 0 spiro atoms. The molecule has 1 saturated heterocycles. The quantitative estimate of drug-likeness (QED) is 0.587. The summed E-state index contributed by atoms with van der Waals surface area (Å²) < 4.78 is 2.15. The van der Waals surface area contributed by atoms with E-state index < -0.39 is 0 Å². The molecular weight excluding hydrogens is 402 g/mol. The van der Waals surface area contributed by atoms with Crippen LogP contribution in [0.2, 0.25) is 0 Å². The fourth-order valence-electron chi connectivity index (χ4n) is 3.89. The number of nitrogens with zero attached hydrogens (tertiary/aromatic N) is 5. The Morgan fingerprint density at radius 3 is 2.83 bits per heavy atom. The molecule has 1 aliphatic rings. The maximum absolute atomic E-state index is 12.3. The number of halogens is 1. The molecule has 1 fully saturated rings. The minimum atomic E-state index is -0.0502. The highest BCUT2D eigenvalue weighted by Crippen LogP contribution is 2.29. The second-order valence-electron chi connectivity index (χ2n) is 7.69. The number of aromatic nitrogens is 3. The van der Waals surface area contributed by atoms with E-state index in [1.54, 1.807) is 18.1 Å². The van der Waals surface area contributed by atoms with Crippen LogP contribution in [-0.4, -0.2) is 58.2 Å². The minimum absolute atomic E-state index is 0.0502. The second-order valence-corrected chi connectivity index (χ2v) is 8.07. The van der Waals surface area contributed by atoms with Crippen LogP contribution >= 0.6 is 11.6 Å². The topological polar surface area (TPSA) is 74.5 Å². The van der Waals surface area contributed by atoms with Gasteiger partial charge in [0.2, 0.25) is 11.9 Å². The predicted molar refractivity (Wildman–Crippen MR) is 119 cm³/mol.